The van der Waals surface area contributed by atoms with Crippen molar-refractivity contribution in [3.63, 3.8) is 0 Å². The van der Waals surface area contributed by atoms with Crippen LogP contribution in [0.3, 0.4) is 0 Å². The van der Waals surface area contributed by atoms with E-state index in [1.807, 2.05) is 0 Å². The highest BCUT2D eigenvalue weighted by Gasteiger charge is 2.53. The number of aliphatic carboxylic acids is 1. The highest BCUT2D eigenvalue weighted by molar-refractivity contribution is 5.67. The zero-order chi connectivity index (χ0) is 16.9. The maximum absolute atomic E-state index is 11.2. The van der Waals surface area contributed by atoms with Crippen LogP contribution >= 0.6 is 0 Å². The highest BCUT2D eigenvalue weighted by atomic mass is 16.5. The topological polar surface area (TPSA) is 46.5 Å². The number of hydrogen-bond acceptors (Lipinski definition) is 2. The molecule has 3 aliphatic rings. The Morgan fingerprint density at radius 2 is 2.21 bits per heavy atom. The normalized spacial score (nSPS) is 37.2. The molecule has 1 N–H and O–H groups in total. The minimum atomic E-state index is -0.625. The van der Waals surface area contributed by atoms with E-state index in [4.69, 9.17) is 4.74 Å². The van der Waals surface area contributed by atoms with Gasteiger partial charge in [0, 0.05) is 6.42 Å². The summed E-state index contributed by atoms with van der Waals surface area (Å²) in [6, 6.07) is 6.62. The van der Waals surface area contributed by atoms with Crippen LogP contribution in [-0.4, -0.2) is 18.2 Å². The van der Waals surface area contributed by atoms with Crippen molar-refractivity contribution in [2.75, 3.05) is 7.11 Å². The second-order valence-corrected chi connectivity index (χ2v) is 8.58. The summed E-state index contributed by atoms with van der Waals surface area (Å²) < 4.78 is 5.40. The number of carbonyl (C=O) groups is 1. The van der Waals surface area contributed by atoms with Crippen LogP contribution in [0.15, 0.2) is 18.2 Å². The van der Waals surface area contributed by atoms with Crippen molar-refractivity contribution in [3.05, 3.63) is 29.3 Å². The molecule has 0 heterocycles. The molecule has 0 amide bonds. The lowest BCUT2D eigenvalue weighted by atomic mass is 9.56. The van der Waals surface area contributed by atoms with E-state index in [0.717, 1.165) is 30.9 Å². The van der Waals surface area contributed by atoms with E-state index in [9.17, 15) is 9.90 Å². The van der Waals surface area contributed by atoms with Gasteiger partial charge < -0.3 is 9.84 Å². The fourth-order valence-electron chi connectivity index (χ4n) is 6.30. The molecule has 2 saturated carbocycles. The Labute approximate surface area is 144 Å². The van der Waals surface area contributed by atoms with Crippen molar-refractivity contribution in [1.29, 1.82) is 0 Å². The summed E-state index contributed by atoms with van der Waals surface area (Å²) in [5.74, 6) is 2.84. The zero-order valence-corrected chi connectivity index (χ0v) is 14.8. The van der Waals surface area contributed by atoms with Crippen LogP contribution in [0.1, 0.15) is 62.5 Å². The Bertz CT molecular complexity index is 652. The molecular formula is C21H28O3. The van der Waals surface area contributed by atoms with Gasteiger partial charge in [0.15, 0.2) is 0 Å². The SMILES string of the molecule is COc1ccc2c(c1)CCC1C2CC[C@]2(C)C[C@H](CC(=O)O)CC12. The molecule has 0 saturated heterocycles. The molecule has 3 nitrogen and oxygen atoms in total. The predicted molar refractivity (Wildman–Crippen MR) is 93.4 cm³/mol. The third-order valence-electron chi connectivity index (χ3n) is 7.26. The molecule has 3 aliphatic carbocycles. The first-order valence-electron chi connectivity index (χ1n) is 9.39. The molecule has 0 radical (unpaired) electrons. The number of carboxylic acids is 1. The molecule has 3 heteroatoms. The van der Waals surface area contributed by atoms with Gasteiger partial charge in [0.05, 0.1) is 7.11 Å². The van der Waals surface area contributed by atoms with Crippen LogP contribution in [0, 0.1) is 23.2 Å². The third-order valence-corrected chi connectivity index (χ3v) is 7.26. The summed E-state index contributed by atoms with van der Waals surface area (Å²) in [5.41, 5.74) is 3.38. The molecule has 0 spiro atoms. The molecule has 0 bridgehead atoms. The first kappa shape index (κ1) is 16.0. The lowest BCUT2D eigenvalue weighted by Gasteiger charge is -2.49. The average Bonchev–Trinajstić information content (AvgIpc) is 2.89. The molecule has 1 aromatic carbocycles. The average molecular weight is 328 g/mol. The number of aryl methyl sites for hydroxylation is 1. The lowest BCUT2D eigenvalue weighted by molar-refractivity contribution is -0.138. The van der Waals surface area contributed by atoms with Crippen molar-refractivity contribution in [2.45, 2.75) is 57.8 Å². The molecule has 2 fully saturated rings. The van der Waals surface area contributed by atoms with E-state index in [1.165, 1.54) is 30.4 Å². The van der Waals surface area contributed by atoms with Gasteiger partial charge in [-0.1, -0.05) is 13.0 Å². The number of fused-ring (bicyclic) bond motifs is 5. The van der Waals surface area contributed by atoms with Gasteiger partial charge in [-0.15, -0.1) is 0 Å². The van der Waals surface area contributed by atoms with Crippen molar-refractivity contribution < 1.29 is 14.6 Å². The van der Waals surface area contributed by atoms with Crippen molar-refractivity contribution in [3.8, 4) is 5.75 Å². The van der Waals surface area contributed by atoms with Crippen LogP contribution in [0.25, 0.3) is 0 Å². The van der Waals surface area contributed by atoms with Crippen molar-refractivity contribution >= 4 is 5.97 Å². The van der Waals surface area contributed by atoms with Gasteiger partial charge in [-0.25, -0.2) is 0 Å². The van der Waals surface area contributed by atoms with Crippen LogP contribution in [-0.2, 0) is 11.2 Å². The van der Waals surface area contributed by atoms with Gasteiger partial charge in [0.25, 0.3) is 0 Å². The van der Waals surface area contributed by atoms with Gasteiger partial charge in [-0.3, -0.25) is 4.79 Å². The van der Waals surface area contributed by atoms with Gasteiger partial charge >= 0.3 is 5.97 Å². The first-order chi connectivity index (χ1) is 11.5. The van der Waals surface area contributed by atoms with Gasteiger partial charge in [0.1, 0.15) is 5.75 Å². The Balaban J connectivity index is 1.60. The molecule has 1 aromatic rings. The number of rotatable bonds is 3. The largest absolute Gasteiger partial charge is 0.497 e. The Hall–Kier alpha value is -1.51. The summed E-state index contributed by atoms with van der Waals surface area (Å²) in [5, 5.41) is 9.19. The van der Waals surface area contributed by atoms with Gasteiger partial charge in [-0.05, 0) is 90.9 Å². The van der Waals surface area contributed by atoms with Gasteiger partial charge in [0.2, 0.25) is 0 Å². The number of benzene rings is 1. The number of methoxy groups -OCH3 is 1. The van der Waals surface area contributed by atoms with Crippen molar-refractivity contribution in [1.82, 2.24) is 0 Å². The standard InChI is InChI=1S/C21H28O3/c1-21-8-7-17-16-6-4-15(24-2)11-14(16)3-5-18(17)19(21)9-13(12-21)10-20(22)23/h4,6,11,13,17-19H,3,5,7-10,12H2,1-2H3,(H,22,23)/t13-,17?,18?,19?,21+/m0/s1. The van der Waals surface area contributed by atoms with Crippen LogP contribution in [0.5, 0.6) is 5.75 Å². The van der Waals surface area contributed by atoms with Crippen LogP contribution in [0.4, 0.5) is 0 Å². The molecule has 24 heavy (non-hydrogen) atoms. The summed E-state index contributed by atoms with van der Waals surface area (Å²) in [6.07, 6.45) is 7.50. The van der Waals surface area contributed by atoms with Gasteiger partial charge in [-0.2, -0.15) is 0 Å². The predicted octanol–water partition coefficient (Wildman–Crippen LogP) is 4.64. The summed E-state index contributed by atoms with van der Waals surface area (Å²) in [4.78, 5) is 11.2. The van der Waals surface area contributed by atoms with E-state index < -0.39 is 5.97 Å². The Morgan fingerprint density at radius 3 is 2.96 bits per heavy atom. The fourth-order valence-corrected chi connectivity index (χ4v) is 6.30. The molecule has 4 rings (SSSR count). The highest BCUT2D eigenvalue weighted by Crippen LogP contribution is 2.62. The number of carboxylic acid groups (broad SMARTS) is 1. The molecule has 130 valence electrons. The maximum Gasteiger partial charge on any atom is 0.303 e. The van der Waals surface area contributed by atoms with E-state index >= 15 is 0 Å². The zero-order valence-electron chi connectivity index (χ0n) is 14.8. The summed E-state index contributed by atoms with van der Waals surface area (Å²) >= 11 is 0. The summed E-state index contributed by atoms with van der Waals surface area (Å²) in [6.45, 7) is 2.43. The summed E-state index contributed by atoms with van der Waals surface area (Å²) in [7, 11) is 1.74. The van der Waals surface area contributed by atoms with E-state index in [0.29, 0.717) is 29.6 Å². The monoisotopic (exact) mass is 328 g/mol. The minimum absolute atomic E-state index is 0.358. The minimum Gasteiger partial charge on any atom is -0.497 e. The maximum atomic E-state index is 11.2. The third kappa shape index (κ3) is 2.53. The Kier molecular flexibility index (Phi) is 3.85. The molecule has 0 aromatic heterocycles. The molecular weight excluding hydrogens is 300 g/mol. The van der Waals surface area contributed by atoms with Crippen molar-refractivity contribution in [2.24, 2.45) is 23.2 Å². The lowest BCUT2D eigenvalue weighted by Crippen LogP contribution is -2.39. The van der Waals surface area contributed by atoms with Crippen LogP contribution < -0.4 is 4.74 Å². The fraction of sp³-hybridized carbons (Fsp3) is 0.667. The number of hydrogen-bond donors (Lipinski definition) is 1. The van der Waals surface area contributed by atoms with E-state index in [-0.39, 0.29) is 0 Å². The molecule has 5 atom stereocenters. The quantitative estimate of drug-likeness (QED) is 0.879. The Morgan fingerprint density at radius 1 is 1.38 bits per heavy atom. The van der Waals surface area contributed by atoms with E-state index in [1.54, 1.807) is 7.11 Å². The first-order valence-corrected chi connectivity index (χ1v) is 9.39. The van der Waals surface area contributed by atoms with Crippen LogP contribution in [0.2, 0.25) is 0 Å². The smallest absolute Gasteiger partial charge is 0.303 e. The number of ether oxygens (including phenoxy) is 1. The molecule has 3 unspecified atom stereocenters. The van der Waals surface area contributed by atoms with E-state index in [2.05, 4.69) is 25.1 Å². The second kappa shape index (κ2) is 5.79. The second-order valence-electron chi connectivity index (χ2n) is 8.58. The molecule has 0 aliphatic heterocycles.